The van der Waals surface area contributed by atoms with E-state index in [1.165, 1.54) is 22.9 Å². The van der Waals surface area contributed by atoms with E-state index in [9.17, 15) is 4.79 Å². The van der Waals surface area contributed by atoms with Crippen molar-refractivity contribution < 1.29 is 9.32 Å². The maximum atomic E-state index is 12.2. The molecular weight excluding hydrogens is 348 g/mol. The van der Waals surface area contributed by atoms with Crippen LogP contribution in [0, 0.1) is 27.7 Å². The summed E-state index contributed by atoms with van der Waals surface area (Å²) < 4.78 is 7.13. The van der Waals surface area contributed by atoms with E-state index in [0.717, 1.165) is 27.9 Å². The molecule has 2 aromatic heterocycles. The third kappa shape index (κ3) is 3.99. The Morgan fingerprint density at radius 2 is 2.08 bits per heavy atom. The lowest BCUT2D eigenvalue weighted by Gasteiger charge is -2.11. The number of carbonyl (C=O) groups is 1. The molecule has 0 unspecified atom stereocenters. The summed E-state index contributed by atoms with van der Waals surface area (Å²) in [4.78, 5) is 16.6. The number of nitrogens with zero attached hydrogens (tertiary/aromatic N) is 3. The second-order valence-electron chi connectivity index (χ2n) is 6.24. The van der Waals surface area contributed by atoms with Crippen molar-refractivity contribution in [3.8, 4) is 5.69 Å². The molecule has 26 heavy (non-hydrogen) atoms. The van der Waals surface area contributed by atoms with Gasteiger partial charge in [-0.05, 0) is 44.9 Å². The van der Waals surface area contributed by atoms with Crippen LogP contribution in [0.3, 0.4) is 0 Å². The molecule has 0 saturated carbocycles. The van der Waals surface area contributed by atoms with Crippen molar-refractivity contribution in [1.82, 2.24) is 20.0 Å². The molecule has 0 aliphatic rings. The SMILES string of the molecule is Cc1ccc(C)c(-n2ccnc2SCC(=O)NCc2c(C)noc2C)c1. The van der Waals surface area contributed by atoms with Crippen LogP contribution in [0.25, 0.3) is 5.69 Å². The molecule has 0 atom stereocenters. The predicted octanol–water partition coefficient (Wildman–Crippen LogP) is 3.50. The Morgan fingerprint density at radius 1 is 1.27 bits per heavy atom. The lowest BCUT2D eigenvalue weighted by atomic mass is 10.1. The van der Waals surface area contributed by atoms with Gasteiger partial charge in [-0.3, -0.25) is 9.36 Å². The second-order valence-corrected chi connectivity index (χ2v) is 7.18. The van der Waals surface area contributed by atoms with Crippen LogP contribution in [0.2, 0.25) is 0 Å². The van der Waals surface area contributed by atoms with Gasteiger partial charge in [-0.25, -0.2) is 4.98 Å². The summed E-state index contributed by atoms with van der Waals surface area (Å²) in [6.07, 6.45) is 3.68. The average molecular weight is 370 g/mol. The normalized spacial score (nSPS) is 10.9. The first kappa shape index (κ1) is 18.3. The Labute approximate surface area is 157 Å². The summed E-state index contributed by atoms with van der Waals surface area (Å²) in [6, 6.07) is 6.30. The van der Waals surface area contributed by atoms with Crippen LogP contribution in [0.1, 0.15) is 28.1 Å². The minimum atomic E-state index is -0.0504. The smallest absolute Gasteiger partial charge is 0.230 e. The highest BCUT2D eigenvalue weighted by atomic mass is 32.2. The maximum Gasteiger partial charge on any atom is 0.230 e. The van der Waals surface area contributed by atoms with Gasteiger partial charge in [-0.2, -0.15) is 0 Å². The van der Waals surface area contributed by atoms with Gasteiger partial charge in [0.2, 0.25) is 5.91 Å². The van der Waals surface area contributed by atoms with Crippen LogP contribution in [-0.4, -0.2) is 26.4 Å². The first-order chi connectivity index (χ1) is 12.5. The second kappa shape index (κ2) is 7.78. The van der Waals surface area contributed by atoms with Crippen LogP contribution in [0.15, 0.2) is 40.3 Å². The average Bonchev–Trinajstić information content (AvgIpc) is 3.20. The largest absolute Gasteiger partial charge is 0.361 e. The molecule has 0 aliphatic heterocycles. The molecule has 0 saturated heterocycles. The number of hydrogen-bond donors (Lipinski definition) is 1. The molecule has 3 rings (SSSR count). The lowest BCUT2D eigenvalue weighted by Crippen LogP contribution is -2.25. The van der Waals surface area contributed by atoms with Gasteiger partial charge in [0.1, 0.15) is 5.76 Å². The number of imidazole rings is 1. The number of aromatic nitrogens is 3. The Kier molecular flexibility index (Phi) is 5.46. The van der Waals surface area contributed by atoms with E-state index in [4.69, 9.17) is 4.52 Å². The summed E-state index contributed by atoms with van der Waals surface area (Å²) >= 11 is 1.42. The van der Waals surface area contributed by atoms with Gasteiger partial charge in [0.15, 0.2) is 5.16 Å². The van der Waals surface area contributed by atoms with E-state index < -0.39 is 0 Å². The van der Waals surface area contributed by atoms with Crippen molar-refractivity contribution in [2.24, 2.45) is 0 Å². The van der Waals surface area contributed by atoms with Gasteiger partial charge in [-0.1, -0.05) is 29.1 Å². The molecule has 1 N–H and O–H groups in total. The fourth-order valence-electron chi connectivity index (χ4n) is 2.68. The summed E-state index contributed by atoms with van der Waals surface area (Å²) in [5.41, 5.74) is 5.17. The number of hydrogen-bond acceptors (Lipinski definition) is 5. The number of thioether (sulfide) groups is 1. The topological polar surface area (TPSA) is 73.0 Å². The summed E-state index contributed by atoms with van der Waals surface area (Å²) in [6.45, 7) is 8.27. The quantitative estimate of drug-likeness (QED) is 0.672. The summed E-state index contributed by atoms with van der Waals surface area (Å²) in [5.74, 6) is 0.983. The van der Waals surface area contributed by atoms with Crippen LogP contribution in [-0.2, 0) is 11.3 Å². The molecule has 0 aliphatic carbocycles. The third-order valence-corrected chi connectivity index (χ3v) is 5.17. The van der Waals surface area contributed by atoms with E-state index in [0.29, 0.717) is 12.3 Å². The van der Waals surface area contributed by atoms with E-state index in [1.54, 1.807) is 6.20 Å². The monoisotopic (exact) mass is 370 g/mol. The van der Waals surface area contributed by atoms with Crippen LogP contribution >= 0.6 is 11.8 Å². The van der Waals surface area contributed by atoms with Crippen molar-refractivity contribution in [3.63, 3.8) is 0 Å². The molecule has 6 nitrogen and oxygen atoms in total. The molecule has 3 aromatic rings. The molecule has 0 fully saturated rings. The van der Waals surface area contributed by atoms with Crippen molar-refractivity contribution in [2.45, 2.75) is 39.4 Å². The standard InChI is InChI=1S/C19H22N4O2S/c1-12-5-6-13(2)17(9-12)23-8-7-20-19(23)26-11-18(24)21-10-16-14(3)22-25-15(16)4/h5-9H,10-11H2,1-4H3,(H,21,24). The molecule has 136 valence electrons. The number of benzene rings is 1. The van der Waals surface area contributed by atoms with Gasteiger partial charge in [0, 0.05) is 24.5 Å². The van der Waals surface area contributed by atoms with Gasteiger partial charge in [0.25, 0.3) is 0 Å². The highest BCUT2D eigenvalue weighted by molar-refractivity contribution is 7.99. The first-order valence-corrected chi connectivity index (χ1v) is 9.36. The van der Waals surface area contributed by atoms with E-state index in [2.05, 4.69) is 47.5 Å². The number of rotatable bonds is 6. The summed E-state index contributed by atoms with van der Waals surface area (Å²) in [7, 11) is 0. The van der Waals surface area contributed by atoms with Crippen molar-refractivity contribution in [1.29, 1.82) is 0 Å². The highest BCUT2D eigenvalue weighted by Gasteiger charge is 2.13. The minimum absolute atomic E-state index is 0.0504. The minimum Gasteiger partial charge on any atom is -0.361 e. The van der Waals surface area contributed by atoms with Gasteiger partial charge in [0.05, 0.1) is 17.1 Å². The zero-order valence-electron chi connectivity index (χ0n) is 15.4. The number of amides is 1. The van der Waals surface area contributed by atoms with Crippen LogP contribution in [0.4, 0.5) is 0 Å². The van der Waals surface area contributed by atoms with Gasteiger partial charge in [-0.15, -0.1) is 0 Å². The summed E-state index contributed by atoms with van der Waals surface area (Å²) in [5, 5.41) is 7.61. The Morgan fingerprint density at radius 3 is 2.81 bits per heavy atom. The Balaban J connectivity index is 1.63. The van der Waals surface area contributed by atoms with Crippen molar-refractivity contribution in [3.05, 3.63) is 58.7 Å². The number of nitrogens with one attached hydrogen (secondary N) is 1. The number of aryl methyl sites for hydroxylation is 4. The fourth-order valence-corrected chi connectivity index (χ4v) is 3.48. The fraction of sp³-hybridized carbons (Fsp3) is 0.316. The van der Waals surface area contributed by atoms with Crippen molar-refractivity contribution in [2.75, 3.05) is 5.75 Å². The van der Waals surface area contributed by atoms with E-state index in [1.807, 2.05) is 24.6 Å². The van der Waals surface area contributed by atoms with Crippen LogP contribution in [0.5, 0.6) is 0 Å². The molecular formula is C19H22N4O2S. The van der Waals surface area contributed by atoms with Gasteiger partial charge < -0.3 is 9.84 Å². The molecule has 0 bridgehead atoms. The van der Waals surface area contributed by atoms with Crippen molar-refractivity contribution >= 4 is 17.7 Å². The lowest BCUT2D eigenvalue weighted by molar-refractivity contribution is -0.118. The Hall–Kier alpha value is -2.54. The Bertz CT molecular complexity index is 910. The zero-order valence-corrected chi connectivity index (χ0v) is 16.2. The van der Waals surface area contributed by atoms with E-state index in [-0.39, 0.29) is 5.91 Å². The molecule has 2 heterocycles. The van der Waals surface area contributed by atoms with E-state index >= 15 is 0 Å². The molecule has 1 amide bonds. The zero-order chi connectivity index (χ0) is 18.7. The molecule has 7 heteroatoms. The highest BCUT2D eigenvalue weighted by Crippen LogP contribution is 2.23. The molecule has 0 radical (unpaired) electrons. The maximum absolute atomic E-state index is 12.2. The predicted molar refractivity (Wildman–Crippen MR) is 102 cm³/mol. The molecule has 0 spiro atoms. The van der Waals surface area contributed by atoms with Gasteiger partial charge >= 0.3 is 0 Å². The van der Waals surface area contributed by atoms with Crippen LogP contribution < -0.4 is 5.32 Å². The first-order valence-electron chi connectivity index (χ1n) is 8.38. The number of carbonyl (C=O) groups excluding carboxylic acids is 1. The third-order valence-electron chi connectivity index (χ3n) is 4.21. The molecule has 1 aromatic carbocycles.